The summed E-state index contributed by atoms with van der Waals surface area (Å²) in [5.74, 6) is -0.0611. The van der Waals surface area contributed by atoms with Crippen LogP contribution in [0.25, 0.3) is 0 Å². The molecule has 0 aromatic heterocycles. The average molecular weight is 280 g/mol. The lowest BCUT2D eigenvalue weighted by molar-refractivity contribution is -0.175. The second-order valence-corrected chi connectivity index (χ2v) is 8.96. The molecule has 2 heteroatoms. The molecule has 2 unspecified atom stereocenters. The zero-order valence-electron chi connectivity index (χ0n) is 14.6. The van der Waals surface area contributed by atoms with Crippen LogP contribution in [-0.4, -0.2) is 11.6 Å². The molecule has 0 aromatic rings. The molecular weight excluding hydrogens is 248 g/mol. The van der Waals surface area contributed by atoms with Gasteiger partial charge in [0.1, 0.15) is 5.60 Å². The summed E-state index contributed by atoms with van der Waals surface area (Å²) in [4.78, 5) is 12.9. The summed E-state index contributed by atoms with van der Waals surface area (Å²) in [6.07, 6.45) is 6.85. The molecule has 20 heavy (non-hydrogen) atoms. The van der Waals surface area contributed by atoms with E-state index in [4.69, 9.17) is 4.74 Å². The molecule has 0 saturated carbocycles. The lowest BCUT2D eigenvalue weighted by Crippen LogP contribution is -2.46. The predicted octanol–water partition coefficient (Wildman–Crippen LogP) is 5.13. The van der Waals surface area contributed by atoms with Gasteiger partial charge in [0.15, 0.2) is 0 Å². The third-order valence-corrected chi connectivity index (χ3v) is 4.59. The second kappa shape index (κ2) is 5.20. The van der Waals surface area contributed by atoms with E-state index in [1.807, 2.05) is 13.0 Å². The molecule has 2 nitrogen and oxygen atoms in total. The molecule has 0 heterocycles. The lowest BCUT2D eigenvalue weighted by Gasteiger charge is -2.44. The van der Waals surface area contributed by atoms with E-state index in [0.717, 1.165) is 19.3 Å². The van der Waals surface area contributed by atoms with Crippen molar-refractivity contribution in [2.45, 2.75) is 80.3 Å². The largest absolute Gasteiger partial charge is 0.455 e. The molecule has 0 saturated heterocycles. The molecule has 1 aliphatic rings. The highest BCUT2D eigenvalue weighted by molar-refractivity contribution is 5.78. The van der Waals surface area contributed by atoms with Crippen LogP contribution in [0.4, 0.5) is 0 Å². The van der Waals surface area contributed by atoms with E-state index >= 15 is 0 Å². The van der Waals surface area contributed by atoms with E-state index in [-0.39, 0.29) is 16.8 Å². The Kier molecular flexibility index (Phi) is 4.49. The summed E-state index contributed by atoms with van der Waals surface area (Å²) < 4.78 is 5.91. The maximum Gasteiger partial charge on any atom is 0.313 e. The first-order valence-electron chi connectivity index (χ1n) is 7.70. The summed E-state index contributed by atoms with van der Waals surface area (Å²) in [5, 5.41) is 0. The van der Waals surface area contributed by atoms with Gasteiger partial charge in [0, 0.05) is 0 Å². The first-order valence-corrected chi connectivity index (χ1v) is 7.70. The second-order valence-electron chi connectivity index (χ2n) is 8.96. The van der Waals surface area contributed by atoms with Gasteiger partial charge in [0.2, 0.25) is 0 Å². The van der Waals surface area contributed by atoms with Crippen molar-refractivity contribution < 1.29 is 9.53 Å². The van der Waals surface area contributed by atoms with E-state index in [1.165, 1.54) is 0 Å². The minimum atomic E-state index is -0.481. The molecule has 1 rings (SSSR count). The quantitative estimate of drug-likeness (QED) is 0.529. The van der Waals surface area contributed by atoms with Crippen molar-refractivity contribution in [3.63, 3.8) is 0 Å². The van der Waals surface area contributed by atoms with Crippen LogP contribution in [0.2, 0.25) is 0 Å². The monoisotopic (exact) mass is 280 g/mol. The Bertz CT molecular complexity index is 395. The van der Waals surface area contributed by atoms with Crippen LogP contribution in [0, 0.1) is 16.2 Å². The van der Waals surface area contributed by atoms with Crippen molar-refractivity contribution >= 4 is 5.97 Å². The Morgan fingerprint density at radius 2 is 1.70 bits per heavy atom. The normalized spacial score (nSPS) is 26.4. The Hall–Kier alpha value is -0.790. The molecule has 1 aliphatic carbocycles. The molecule has 0 spiro atoms. The van der Waals surface area contributed by atoms with E-state index in [9.17, 15) is 4.79 Å². The average Bonchev–Trinajstić information content (AvgIpc) is 2.60. The summed E-state index contributed by atoms with van der Waals surface area (Å²) in [5.41, 5.74) is -0.935. The molecule has 0 bridgehead atoms. The van der Waals surface area contributed by atoms with Gasteiger partial charge in [0.05, 0.1) is 5.41 Å². The van der Waals surface area contributed by atoms with Gasteiger partial charge in [-0.3, -0.25) is 4.79 Å². The fourth-order valence-corrected chi connectivity index (χ4v) is 2.90. The van der Waals surface area contributed by atoms with Crippen LogP contribution in [0.1, 0.15) is 74.7 Å². The fraction of sp³-hybridized carbons (Fsp3) is 0.833. The van der Waals surface area contributed by atoms with Gasteiger partial charge in [-0.05, 0) is 50.0 Å². The first kappa shape index (κ1) is 17.3. The number of carbonyl (C=O) groups excluding carboxylic acids is 1. The summed E-state index contributed by atoms with van der Waals surface area (Å²) in [7, 11) is 0. The zero-order chi connectivity index (χ0) is 15.8. The molecule has 0 N–H and O–H groups in total. The van der Waals surface area contributed by atoms with Gasteiger partial charge >= 0.3 is 5.97 Å². The zero-order valence-corrected chi connectivity index (χ0v) is 14.6. The summed E-state index contributed by atoms with van der Waals surface area (Å²) in [6.45, 7) is 17.0. The lowest BCUT2D eigenvalue weighted by atomic mass is 9.61. The summed E-state index contributed by atoms with van der Waals surface area (Å²) >= 11 is 0. The van der Waals surface area contributed by atoms with Crippen molar-refractivity contribution in [2.24, 2.45) is 16.2 Å². The molecular formula is C18H32O2. The number of ether oxygens (including phenoxy) is 1. The van der Waals surface area contributed by atoms with Gasteiger partial charge in [-0.1, -0.05) is 47.6 Å². The van der Waals surface area contributed by atoms with E-state index < -0.39 is 11.0 Å². The Morgan fingerprint density at radius 3 is 2.05 bits per heavy atom. The predicted molar refractivity (Wildman–Crippen MR) is 84.5 cm³/mol. The molecule has 116 valence electrons. The number of allylic oxidation sites excluding steroid dienone is 1. The highest BCUT2D eigenvalue weighted by Crippen LogP contribution is 2.48. The van der Waals surface area contributed by atoms with Crippen LogP contribution in [0.3, 0.4) is 0 Å². The SMILES string of the molecule is CC(C)(C)CC(C)(C(=O)OC1(C)C=CCC1)C(C)(C)C. The maximum absolute atomic E-state index is 12.9. The number of hydrogen-bond acceptors (Lipinski definition) is 2. The van der Waals surface area contributed by atoms with Gasteiger partial charge in [0.25, 0.3) is 0 Å². The standard InChI is InChI=1S/C18H32O2/c1-15(2,3)13-18(8,16(4,5)6)14(19)20-17(7)11-9-10-12-17/h9,11H,10,12-13H2,1-8H3. The van der Waals surface area contributed by atoms with Crippen LogP contribution >= 0.6 is 0 Å². The molecule has 2 atom stereocenters. The van der Waals surface area contributed by atoms with E-state index in [1.54, 1.807) is 0 Å². The number of hydrogen-bond donors (Lipinski definition) is 0. The van der Waals surface area contributed by atoms with Crippen LogP contribution in [0.5, 0.6) is 0 Å². The molecule has 0 aliphatic heterocycles. The van der Waals surface area contributed by atoms with Gasteiger partial charge in [-0.25, -0.2) is 0 Å². The number of rotatable bonds is 3. The van der Waals surface area contributed by atoms with Gasteiger partial charge in [-0.15, -0.1) is 0 Å². The topological polar surface area (TPSA) is 26.3 Å². The third kappa shape index (κ3) is 3.86. The Balaban J connectivity index is 3.00. The first-order chi connectivity index (χ1) is 8.79. The van der Waals surface area contributed by atoms with Crippen LogP contribution < -0.4 is 0 Å². The van der Waals surface area contributed by atoms with Crippen molar-refractivity contribution in [2.75, 3.05) is 0 Å². The highest BCUT2D eigenvalue weighted by Gasteiger charge is 2.49. The third-order valence-electron chi connectivity index (χ3n) is 4.59. The Morgan fingerprint density at radius 1 is 1.15 bits per heavy atom. The van der Waals surface area contributed by atoms with Gasteiger partial charge < -0.3 is 4.74 Å². The smallest absolute Gasteiger partial charge is 0.313 e. The minimum Gasteiger partial charge on any atom is -0.455 e. The number of carbonyl (C=O) groups is 1. The number of esters is 1. The minimum absolute atomic E-state index is 0.0611. The van der Waals surface area contributed by atoms with Crippen molar-refractivity contribution in [3.8, 4) is 0 Å². The Labute approximate surface area is 125 Å². The van der Waals surface area contributed by atoms with Crippen molar-refractivity contribution in [1.29, 1.82) is 0 Å². The highest BCUT2D eigenvalue weighted by atomic mass is 16.6. The van der Waals surface area contributed by atoms with E-state index in [0.29, 0.717) is 0 Å². The maximum atomic E-state index is 12.9. The molecule has 0 aromatic carbocycles. The molecule has 0 amide bonds. The van der Waals surface area contributed by atoms with Crippen LogP contribution in [0.15, 0.2) is 12.2 Å². The van der Waals surface area contributed by atoms with Gasteiger partial charge in [-0.2, -0.15) is 0 Å². The fourth-order valence-electron chi connectivity index (χ4n) is 2.90. The van der Waals surface area contributed by atoms with Crippen molar-refractivity contribution in [1.82, 2.24) is 0 Å². The van der Waals surface area contributed by atoms with Crippen LogP contribution in [-0.2, 0) is 9.53 Å². The van der Waals surface area contributed by atoms with Crippen molar-refractivity contribution in [3.05, 3.63) is 12.2 Å². The molecule has 0 radical (unpaired) electrons. The summed E-state index contributed by atoms with van der Waals surface area (Å²) in [6, 6.07) is 0. The van der Waals surface area contributed by atoms with E-state index in [2.05, 4.69) is 54.5 Å². The molecule has 0 fully saturated rings.